The first kappa shape index (κ1) is 15.1. The van der Waals surface area contributed by atoms with Gasteiger partial charge in [-0.25, -0.2) is 0 Å². The van der Waals surface area contributed by atoms with Gasteiger partial charge in [-0.15, -0.1) is 0 Å². The molecule has 1 aliphatic rings. The minimum absolute atomic E-state index is 0.157. The van der Waals surface area contributed by atoms with Crippen molar-refractivity contribution in [3.63, 3.8) is 0 Å². The fraction of sp³-hybridized carbons (Fsp3) is 0.273. The number of anilines is 1. The van der Waals surface area contributed by atoms with Crippen molar-refractivity contribution in [2.24, 2.45) is 0 Å². The number of carbonyl (C=O) groups is 2. The van der Waals surface area contributed by atoms with E-state index in [1.165, 1.54) is 0 Å². The largest absolute Gasteiger partial charge is 0.417 e. The standard InChI is InChI=1S/C11H6F6N2O2/c12-10(13,14)4-1-5(11(15,16)17)8-6(2-4)19-7(20)3-18-9(8)21/h1-2H,3H2,(H,18,21)(H,19,20). The molecule has 114 valence electrons. The fourth-order valence-electron chi connectivity index (χ4n) is 1.82. The first-order valence-corrected chi connectivity index (χ1v) is 5.40. The summed E-state index contributed by atoms with van der Waals surface area (Å²) in [6.07, 6.45) is -10.2. The lowest BCUT2D eigenvalue weighted by molar-refractivity contribution is -0.143. The van der Waals surface area contributed by atoms with E-state index in [0.717, 1.165) is 0 Å². The van der Waals surface area contributed by atoms with Gasteiger partial charge in [-0.3, -0.25) is 9.59 Å². The van der Waals surface area contributed by atoms with Crippen LogP contribution in [0.2, 0.25) is 0 Å². The van der Waals surface area contributed by atoms with E-state index in [1.54, 1.807) is 0 Å². The van der Waals surface area contributed by atoms with Crippen LogP contribution in [-0.4, -0.2) is 18.4 Å². The molecule has 21 heavy (non-hydrogen) atoms. The van der Waals surface area contributed by atoms with Gasteiger partial charge < -0.3 is 10.6 Å². The van der Waals surface area contributed by atoms with Crippen LogP contribution in [-0.2, 0) is 17.1 Å². The molecule has 0 saturated carbocycles. The van der Waals surface area contributed by atoms with Crippen LogP contribution in [0.3, 0.4) is 0 Å². The highest BCUT2D eigenvalue weighted by atomic mass is 19.4. The number of amides is 2. The van der Waals surface area contributed by atoms with Gasteiger partial charge in [0, 0.05) is 0 Å². The van der Waals surface area contributed by atoms with Crippen LogP contribution in [0.4, 0.5) is 32.0 Å². The van der Waals surface area contributed by atoms with Crippen molar-refractivity contribution in [2.75, 3.05) is 11.9 Å². The molecule has 2 amide bonds. The summed E-state index contributed by atoms with van der Waals surface area (Å²) < 4.78 is 76.6. The highest BCUT2D eigenvalue weighted by Crippen LogP contribution is 2.40. The number of rotatable bonds is 0. The van der Waals surface area contributed by atoms with Gasteiger partial charge in [0.25, 0.3) is 5.91 Å². The zero-order valence-corrected chi connectivity index (χ0v) is 9.95. The van der Waals surface area contributed by atoms with E-state index < -0.39 is 53.1 Å². The van der Waals surface area contributed by atoms with Gasteiger partial charge in [0.05, 0.1) is 28.9 Å². The minimum Gasteiger partial charge on any atom is -0.343 e. The number of benzene rings is 1. The molecular formula is C11H6F6N2O2. The Morgan fingerprint density at radius 3 is 2.10 bits per heavy atom. The molecule has 1 aromatic carbocycles. The monoisotopic (exact) mass is 312 g/mol. The number of halogens is 6. The summed E-state index contributed by atoms with van der Waals surface area (Å²) in [5.74, 6) is -2.20. The predicted octanol–water partition coefficient (Wildman–Crippen LogP) is 2.41. The maximum absolute atomic E-state index is 12.9. The Morgan fingerprint density at radius 2 is 1.57 bits per heavy atom. The van der Waals surface area contributed by atoms with Gasteiger partial charge in [0.1, 0.15) is 0 Å². The van der Waals surface area contributed by atoms with E-state index in [4.69, 9.17) is 0 Å². The van der Waals surface area contributed by atoms with Crippen molar-refractivity contribution in [1.82, 2.24) is 5.32 Å². The third kappa shape index (κ3) is 2.93. The average Bonchev–Trinajstić information content (AvgIpc) is 2.45. The Morgan fingerprint density at radius 1 is 0.952 bits per heavy atom. The van der Waals surface area contributed by atoms with Crippen LogP contribution in [0, 0.1) is 0 Å². The molecule has 0 bridgehead atoms. The molecule has 0 unspecified atom stereocenters. The number of fused-ring (bicyclic) bond motifs is 1. The van der Waals surface area contributed by atoms with Crippen LogP contribution >= 0.6 is 0 Å². The Hall–Kier alpha value is -2.26. The van der Waals surface area contributed by atoms with Crippen molar-refractivity contribution in [3.05, 3.63) is 28.8 Å². The van der Waals surface area contributed by atoms with Gasteiger partial charge in [-0.1, -0.05) is 0 Å². The molecule has 1 aromatic rings. The van der Waals surface area contributed by atoms with E-state index >= 15 is 0 Å². The highest BCUT2D eigenvalue weighted by molar-refractivity contribution is 6.09. The van der Waals surface area contributed by atoms with Gasteiger partial charge in [0.15, 0.2) is 0 Å². The Kier molecular flexibility index (Phi) is 3.34. The topological polar surface area (TPSA) is 58.2 Å². The molecular weight excluding hydrogens is 306 g/mol. The number of alkyl halides is 6. The summed E-state index contributed by atoms with van der Waals surface area (Å²) in [7, 11) is 0. The molecule has 2 N–H and O–H groups in total. The first-order chi connectivity index (χ1) is 9.50. The molecule has 0 atom stereocenters. The van der Waals surface area contributed by atoms with Crippen molar-refractivity contribution >= 4 is 17.5 Å². The van der Waals surface area contributed by atoms with Crippen LogP contribution in [0.15, 0.2) is 12.1 Å². The maximum atomic E-state index is 12.9. The Balaban J connectivity index is 2.77. The fourth-order valence-corrected chi connectivity index (χ4v) is 1.82. The molecule has 10 heteroatoms. The summed E-state index contributed by atoms with van der Waals surface area (Å²) in [6, 6.07) is 0.142. The van der Waals surface area contributed by atoms with Crippen LogP contribution in [0.5, 0.6) is 0 Å². The number of nitrogens with one attached hydrogen (secondary N) is 2. The molecule has 1 heterocycles. The van der Waals surface area contributed by atoms with Crippen molar-refractivity contribution < 1.29 is 35.9 Å². The number of carbonyl (C=O) groups excluding carboxylic acids is 2. The lowest BCUT2D eigenvalue weighted by Gasteiger charge is -2.17. The lowest BCUT2D eigenvalue weighted by Crippen LogP contribution is -2.29. The summed E-state index contributed by atoms with van der Waals surface area (Å²) in [5.41, 5.74) is -5.23. The average molecular weight is 312 g/mol. The normalized spacial score (nSPS) is 15.9. The second kappa shape index (κ2) is 4.64. The van der Waals surface area contributed by atoms with E-state index in [0.29, 0.717) is 6.07 Å². The zero-order valence-electron chi connectivity index (χ0n) is 9.95. The Labute approximate surface area is 113 Å². The van der Waals surface area contributed by atoms with Gasteiger partial charge in [-0.2, -0.15) is 26.3 Å². The SMILES string of the molecule is O=C1CNC(=O)c2c(cc(C(F)(F)F)cc2C(F)(F)F)N1. The van der Waals surface area contributed by atoms with Crippen LogP contribution < -0.4 is 10.6 Å². The summed E-state index contributed by atoms with van der Waals surface area (Å²) in [5, 5.41) is 3.74. The molecule has 0 aromatic heterocycles. The van der Waals surface area contributed by atoms with E-state index in [9.17, 15) is 35.9 Å². The second-order valence-electron chi connectivity index (χ2n) is 4.17. The smallest absolute Gasteiger partial charge is 0.343 e. The molecule has 0 aliphatic carbocycles. The number of hydrogen-bond donors (Lipinski definition) is 2. The Bertz CT molecular complexity index is 620. The number of hydrogen-bond acceptors (Lipinski definition) is 2. The van der Waals surface area contributed by atoms with Gasteiger partial charge in [-0.05, 0) is 12.1 Å². The van der Waals surface area contributed by atoms with Crippen LogP contribution in [0.25, 0.3) is 0 Å². The maximum Gasteiger partial charge on any atom is 0.417 e. The second-order valence-corrected chi connectivity index (χ2v) is 4.17. The molecule has 2 rings (SSSR count). The van der Waals surface area contributed by atoms with E-state index in [-0.39, 0.29) is 6.07 Å². The molecule has 0 spiro atoms. The lowest BCUT2D eigenvalue weighted by atomic mass is 10.00. The van der Waals surface area contributed by atoms with Crippen molar-refractivity contribution in [1.29, 1.82) is 0 Å². The van der Waals surface area contributed by atoms with Crippen molar-refractivity contribution in [3.8, 4) is 0 Å². The summed E-state index contributed by atoms with van der Waals surface area (Å²) >= 11 is 0. The molecule has 0 fully saturated rings. The third-order valence-electron chi connectivity index (χ3n) is 2.68. The molecule has 0 saturated heterocycles. The summed E-state index contributed by atoms with van der Waals surface area (Å²) in [4.78, 5) is 22.8. The minimum atomic E-state index is -5.18. The molecule has 4 nitrogen and oxygen atoms in total. The first-order valence-electron chi connectivity index (χ1n) is 5.40. The quantitative estimate of drug-likeness (QED) is 0.723. The predicted molar refractivity (Wildman–Crippen MR) is 57.4 cm³/mol. The molecule has 0 radical (unpaired) electrons. The third-order valence-corrected chi connectivity index (χ3v) is 2.68. The van der Waals surface area contributed by atoms with E-state index in [2.05, 4.69) is 0 Å². The van der Waals surface area contributed by atoms with Gasteiger partial charge >= 0.3 is 12.4 Å². The van der Waals surface area contributed by atoms with Crippen molar-refractivity contribution in [2.45, 2.75) is 12.4 Å². The zero-order chi connectivity index (χ0) is 16.0. The van der Waals surface area contributed by atoms with Gasteiger partial charge in [0.2, 0.25) is 5.91 Å². The highest BCUT2D eigenvalue weighted by Gasteiger charge is 2.42. The molecule has 1 aliphatic heterocycles. The van der Waals surface area contributed by atoms with E-state index in [1.807, 2.05) is 10.6 Å². The van der Waals surface area contributed by atoms with Crippen LogP contribution in [0.1, 0.15) is 21.5 Å². The summed E-state index contributed by atoms with van der Waals surface area (Å²) in [6.45, 7) is -0.633.